The SMILES string of the molecule is CC(C)c1noc(-c2ccc(Cl)cc2)n1. The van der Waals surface area contributed by atoms with Gasteiger partial charge in [-0.25, -0.2) is 0 Å². The third-order valence-electron chi connectivity index (χ3n) is 2.05. The first-order chi connectivity index (χ1) is 7.16. The molecule has 0 saturated carbocycles. The molecule has 2 aromatic rings. The van der Waals surface area contributed by atoms with E-state index in [1.807, 2.05) is 26.0 Å². The Hall–Kier alpha value is -1.35. The lowest BCUT2D eigenvalue weighted by Gasteiger charge is -1.94. The monoisotopic (exact) mass is 222 g/mol. The van der Waals surface area contributed by atoms with Gasteiger partial charge in [-0.2, -0.15) is 4.98 Å². The van der Waals surface area contributed by atoms with Crippen LogP contribution in [-0.2, 0) is 0 Å². The number of rotatable bonds is 2. The van der Waals surface area contributed by atoms with Crippen LogP contribution in [0.3, 0.4) is 0 Å². The Morgan fingerprint density at radius 1 is 1.20 bits per heavy atom. The van der Waals surface area contributed by atoms with E-state index < -0.39 is 0 Å². The molecule has 0 N–H and O–H groups in total. The topological polar surface area (TPSA) is 38.9 Å². The number of aromatic nitrogens is 2. The van der Waals surface area contributed by atoms with Crippen LogP contribution >= 0.6 is 11.6 Å². The zero-order chi connectivity index (χ0) is 10.8. The van der Waals surface area contributed by atoms with E-state index in [-0.39, 0.29) is 5.92 Å². The molecule has 4 heteroatoms. The molecule has 15 heavy (non-hydrogen) atoms. The molecule has 0 radical (unpaired) electrons. The summed E-state index contributed by atoms with van der Waals surface area (Å²) in [5.74, 6) is 1.53. The zero-order valence-corrected chi connectivity index (χ0v) is 9.32. The predicted molar refractivity (Wildman–Crippen MR) is 58.8 cm³/mol. The van der Waals surface area contributed by atoms with Crippen LogP contribution in [0.5, 0.6) is 0 Å². The Labute approximate surface area is 93.1 Å². The van der Waals surface area contributed by atoms with Crippen molar-refractivity contribution in [3.8, 4) is 11.5 Å². The van der Waals surface area contributed by atoms with Gasteiger partial charge in [-0.1, -0.05) is 30.6 Å². The highest BCUT2D eigenvalue weighted by Crippen LogP contribution is 2.21. The Balaban J connectivity index is 2.33. The van der Waals surface area contributed by atoms with Crippen LogP contribution in [0.1, 0.15) is 25.6 Å². The number of hydrogen-bond acceptors (Lipinski definition) is 3. The van der Waals surface area contributed by atoms with Crippen LogP contribution in [0.2, 0.25) is 5.02 Å². The van der Waals surface area contributed by atoms with Gasteiger partial charge in [0, 0.05) is 16.5 Å². The molecule has 0 fully saturated rings. The van der Waals surface area contributed by atoms with Gasteiger partial charge < -0.3 is 4.52 Å². The summed E-state index contributed by atoms with van der Waals surface area (Å²) in [5.41, 5.74) is 0.888. The fourth-order valence-electron chi connectivity index (χ4n) is 1.18. The average Bonchev–Trinajstić information content (AvgIpc) is 2.68. The summed E-state index contributed by atoms with van der Waals surface area (Å²) in [4.78, 5) is 4.29. The smallest absolute Gasteiger partial charge is 0.257 e. The van der Waals surface area contributed by atoms with Gasteiger partial charge in [0.05, 0.1) is 0 Å². The molecule has 1 aromatic carbocycles. The third kappa shape index (κ3) is 2.18. The summed E-state index contributed by atoms with van der Waals surface area (Å²) in [5, 5.41) is 4.59. The molecule has 0 unspecified atom stereocenters. The van der Waals surface area contributed by atoms with Gasteiger partial charge in [0.1, 0.15) is 0 Å². The summed E-state index contributed by atoms with van der Waals surface area (Å²) in [6, 6.07) is 7.33. The third-order valence-corrected chi connectivity index (χ3v) is 2.30. The first kappa shape index (κ1) is 10.2. The lowest BCUT2D eigenvalue weighted by molar-refractivity contribution is 0.419. The molecular formula is C11H11ClN2O. The van der Waals surface area contributed by atoms with Crippen LogP contribution in [-0.4, -0.2) is 10.1 Å². The van der Waals surface area contributed by atoms with Crippen molar-refractivity contribution in [2.24, 2.45) is 0 Å². The van der Waals surface area contributed by atoms with Gasteiger partial charge in [-0.05, 0) is 24.3 Å². The summed E-state index contributed by atoms with van der Waals surface area (Å²) >= 11 is 5.79. The molecule has 0 aliphatic carbocycles. The lowest BCUT2D eigenvalue weighted by Crippen LogP contribution is -1.89. The van der Waals surface area contributed by atoms with Crippen molar-refractivity contribution in [2.45, 2.75) is 19.8 Å². The molecular weight excluding hydrogens is 212 g/mol. The highest BCUT2D eigenvalue weighted by atomic mass is 35.5. The van der Waals surface area contributed by atoms with Crippen LogP contribution in [0.15, 0.2) is 28.8 Å². The minimum atomic E-state index is 0.273. The van der Waals surface area contributed by atoms with E-state index in [1.165, 1.54) is 0 Å². The maximum atomic E-state index is 5.79. The first-order valence-electron chi connectivity index (χ1n) is 4.76. The van der Waals surface area contributed by atoms with E-state index in [1.54, 1.807) is 12.1 Å². The molecule has 0 atom stereocenters. The van der Waals surface area contributed by atoms with E-state index in [4.69, 9.17) is 16.1 Å². The molecule has 78 valence electrons. The van der Waals surface area contributed by atoms with Crippen LogP contribution in [0.25, 0.3) is 11.5 Å². The minimum absolute atomic E-state index is 0.273. The van der Waals surface area contributed by atoms with E-state index in [9.17, 15) is 0 Å². The second kappa shape index (κ2) is 4.03. The molecule has 0 aliphatic rings. The molecule has 1 aromatic heterocycles. The summed E-state index contributed by atoms with van der Waals surface area (Å²) < 4.78 is 5.15. The molecule has 3 nitrogen and oxygen atoms in total. The lowest BCUT2D eigenvalue weighted by atomic mass is 10.2. The molecule has 0 spiro atoms. The second-order valence-corrected chi connectivity index (χ2v) is 4.06. The molecule has 1 heterocycles. The van der Waals surface area contributed by atoms with Crippen molar-refractivity contribution >= 4 is 11.6 Å². The summed E-state index contributed by atoms with van der Waals surface area (Å²) in [6.45, 7) is 4.05. The van der Waals surface area contributed by atoms with Crippen molar-refractivity contribution in [1.29, 1.82) is 0 Å². The van der Waals surface area contributed by atoms with Crippen molar-refractivity contribution in [3.05, 3.63) is 35.1 Å². The Bertz CT molecular complexity index is 448. The summed E-state index contributed by atoms with van der Waals surface area (Å²) in [7, 11) is 0. The molecule has 0 amide bonds. The maximum Gasteiger partial charge on any atom is 0.257 e. The standard InChI is InChI=1S/C11H11ClN2O/c1-7(2)10-13-11(15-14-10)8-3-5-9(12)6-4-8/h3-7H,1-2H3. The number of benzene rings is 1. The Morgan fingerprint density at radius 2 is 1.87 bits per heavy atom. The van der Waals surface area contributed by atoms with E-state index in [0.717, 1.165) is 11.4 Å². The fourth-order valence-corrected chi connectivity index (χ4v) is 1.31. The second-order valence-electron chi connectivity index (χ2n) is 3.62. The van der Waals surface area contributed by atoms with E-state index >= 15 is 0 Å². The Morgan fingerprint density at radius 3 is 2.40 bits per heavy atom. The van der Waals surface area contributed by atoms with Gasteiger partial charge in [0.25, 0.3) is 5.89 Å². The van der Waals surface area contributed by atoms with Gasteiger partial charge in [0.15, 0.2) is 5.82 Å². The summed E-state index contributed by atoms with van der Waals surface area (Å²) in [6.07, 6.45) is 0. The predicted octanol–water partition coefficient (Wildman–Crippen LogP) is 3.51. The van der Waals surface area contributed by atoms with Crippen molar-refractivity contribution in [2.75, 3.05) is 0 Å². The zero-order valence-electron chi connectivity index (χ0n) is 8.57. The minimum Gasteiger partial charge on any atom is -0.334 e. The average molecular weight is 223 g/mol. The number of nitrogens with zero attached hydrogens (tertiary/aromatic N) is 2. The van der Waals surface area contributed by atoms with Crippen molar-refractivity contribution in [1.82, 2.24) is 10.1 Å². The van der Waals surface area contributed by atoms with Gasteiger partial charge in [0.2, 0.25) is 0 Å². The molecule has 2 rings (SSSR count). The molecule has 0 saturated heterocycles. The molecule has 0 aliphatic heterocycles. The fraction of sp³-hybridized carbons (Fsp3) is 0.273. The number of halogens is 1. The van der Waals surface area contributed by atoms with E-state index in [2.05, 4.69) is 10.1 Å². The highest BCUT2D eigenvalue weighted by molar-refractivity contribution is 6.30. The Kier molecular flexibility index (Phi) is 2.73. The van der Waals surface area contributed by atoms with Crippen molar-refractivity contribution in [3.63, 3.8) is 0 Å². The maximum absolute atomic E-state index is 5.79. The highest BCUT2D eigenvalue weighted by Gasteiger charge is 2.10. The van der Waals surface area contributed by atoms with Crippen molar-refractivity contribution < 1.29 is 4.52 Å². The largest absolute Gasteiger partial charge is 0.334 e. The van der Waals surface area contributed by atoms with Gasteiger partial charge in [-0.15, -0.1) is 0 Å². The quantitative estimate of drug-likeness (QED) is 0.781. The van der Waals surface area contributed by atoms with Gasteiger partial charge >= 0.3 is 0 Å². The molecule has 0 bridgehead atoms. The van der Waals surface area contributed by atoms with Crippen LogP contribution < -0.4 is 0 Å². The normalized spacial score (nSPS) is 10.9. The van der Waals surface area contributed by atoms with E-state index in [0.29, 0.717) is 10.9 Å². The van der Waals surface area contributed by atoms with Crippen LogP contribution in [0.4, 0.5) is 0 Å². The number of hydrogen-bond donors (Lipinski definition) is 0. The van der Waals surface area contributed by atoms with Gasteiger partial charge in [-0.3, -0.25) is 0 Å². The first-order valence-corrected chi connectivity index (χ1v) is 5.14. The van der Waals surface area contributed by atoms with Crippen LogP contribution in [0, 0.1) is 0 Å².